The Hall–Kier alpha value is -9.19. The molecule has 324 valence electrons. The monoisotopic (exact) mass is 882 g/mol. The van der Waals surface area contributed by atoms with Crippen LogP contribution in [0.2, 0.25) is 0 Å². The second-order valence-corrected chi connectivity index (χ2v) is 17.7. The highest BCUT2D eigenvalue weighted by atomic mass is 16.3. The Morgan fingerprint density at radius 3 is 1.54 bits per heavy atom. The number of fused-ring (bicyclic) bond motifs is 6. The third-order valence-electron chi connectivity index (χ3n) is 13.3. The summed E-state index contributed by atoms with van der Waals surface area (Å²) in [7, 11) is 0. The van der Waals surface area contributed by atoms with Crippen LogP contribution in [0, 0.1) is 6.92 Å². The van der Waals surface area contributed by atoms with Gasteiger partial charge in [-0.15, -0.1) is 0 Å². The van der Waals surface area contributed by atoms with E-state index in [1.807, 2.05) is 30.3 Å². The highest BCUT2D eigenvalue weighted by molar-refractivity contribution is 6.14. The van der Waals surface area contributed by atoms with E-state index >= 15 is 0 Å². The summed E-state index contributed by atoms with van der Waals surface area (Å²) in [5, 5.41) is 4.38. The van der Waals surface area contributed by atoms with Crippen molar-refractivity contribution in [2.45, 2.75) is 6.92 Å². The van der Waals surface area contributed by atoms with Gasteiger partial charge in [0.1, 0.15) is 11.2 Å². The van der Waals surface area contributed by atoms with Crippen LogP contribution in [0.15, 0.2) is 241 Å². The van der Waals surface area contributed by atoms with Gasteiger partial charge in [0.25, 0.3) is 0 Å². The minimum absolute atomic E-state index is 0.575. The lowest BCUT2D eigenvalue weighted by atomic mass is 9.93. The lowest BCUT2D eigenvalue weighted by molar-refractivity contribution is 0.669. The van der Waals surface area contributed by atoms with Crippen LogP contribution in [0.4, 0.5) is 0 Å². The van der Waals surface area contributed by atoms with E-state index in [1.165, 1.54) is 38.5 Å². The number of benzene rings is 10. The minimum Gasteiger partial charge on any atom is -0.456 e. The van der Waals surface area contributed by atoms with Crippen LogP contribution < -0.4 is 0 Å². The molecule has 0 unspecified atom stereocenters. The van der Waals surface area contributed by atoms with Gasteiger partial charge in [-0.2, -0.15) is 0 Å². The lowest BCUT2D eigenvalue weighted by Crippen LogP contribution is -2.00. The maximum absolute atomic E-state index is 6.60. The van der Waals surface area contributed by atoms with Gasteiger partial charge < -0.3 is 8.98 Å². The van der Waals surface area contributed by atoms with E-state index in [9.17, 15) is 0 Å². The van der Waals surface area contributed by atoms with E-state index in [4.69, 9.17) is 19.4 Å². The Morgan fingerprint density at radius 2 is 0.826 bits per heavy atom. The van der Waals surface area contributed by atoms with E-state index in [2.05, 4.69) is 218 Å². The van der Waals surface area contributed by atoms with Crippen molar-refractivity contribution in [3.63, 3.8) is 0 Å². The van der Waals surface area contributed by atoms with Crippen LogP contribution in [0.1, 0.15) is 5.56 Å². The van der Waals surface area contributed by atoms with E-state index in [-0.39, 0.29) is 0 Å². The van der Waals surface area contributed by atoms with Crippen LogP contribution in [0.25, 0.3) is 128 Å². The fourth-order valence-corrected chi connectivity index (χ4v) is 9.89. The third kappa shape index (κ3) is 7.25. The first-order valence-corrected chi connectivity index (χ1v) is 23.3. The maximum Gasteiger partial charge on any atom is 0.164 e. The molecule has 0 atom stereocenters. The topological polar surface area (TPSA) is 56.7 Å². The second-order valence-electron chi connectivity index (χ2n) is 17.7. The summed E-state index contributed by atoms with van der Waals surface area (Å²) in [6, 6.07) is 83.5. The van der Waals surface area contributed by atoms with Crippen molar-refractivity contribution >= 4 is 43.7 Å². The summed E-state index contributed by atoms with van der Waals surface area (Å²) in [5.74, 6) is 1.76. The Bertz CT molecular complexity index is 4000. The first kappa shape index (κ1) is 40.1. The van der Waals surface area contributed by atoms with Gasteiger partial charge in [-0.1, -0.05) is 169 Å². The molecular formula is C64H42N4O. The summed E-state index contributed by atoms with van der Waals surface area (Å²) in [4.78, 5) is 15.7. The van der Waals surface area contributed by atoms with Gasteiger partial charge in [0.15, 0.2) is 17.5 Å². The van der Waals surface area contributed by atoms with Crippen molar-refractivity contribution in [3.8, 4) is 84.4 Å². The minimum atomic E-state index is 0.575. The van der Waals surface area contributed by atoms with Gasteiger partial charge in [0.05, 0.1) is 11.0 Å². The number of aromatic nitrogens is 4. The average Bonchev–Trinajstić information content (AvgIpc) is 3.97. The molecule has 0 N–H and O–H groups in total. The molecule has 69 heavy (non-hydrogen) atoms. The van der Waals surface area contributed by atoms with Crippen LogP contribution >= 0.6 is 0 Å². The Labute approximate surface area is 399 Å². The normalized spacial score (nSPS) is 11.6. The number of para-hydroxylation sites is 1. The first-order chi connectivity index (χ1) is 34.1. The zero-order chi connectivity index (χ0) is 45.8. The van der Waals surface area contributed by atoms with Crippen molar-refractivity contribution in [1.82, 2.24) is 19.5 Å². The fourth-order valence-electron chi connectivity index (χ4n) is 9.89. The standard InChI is InChI=1S/C64H42N4O/c1-41-27-31-52(32-28-41)68-57-25-12-11-23-53(57)55-39-46(29-33-58(55)68)47-30-34-59-56(40-47)61-54(24-14-26-60(61)69-59)64-66-62(44-19-9-4-10-20-44)65-63(67-64)48-22-13-21-45(35-48)51-37-49(42-15-5-2-6-16-42)36-50(38-51)43-17-7-3-8-18-43/h2-40H,1H3. The summed E-state index contributed by atoms with van der Waals surface area (Å²) in [6.07, 6.45) is 0. The van der Waals surface area contributed by atoms with Crippen molar-refractivity contribution in [2.75, 3.05) is 0 Å². The van der Waals surface area contributed by atoms with Crippen molar-refractivity contribution in [1.29, 1.82) is 0 Å². The van der Waals surface area contributed by atoms with Gasteiger partial charge in [0, 0.05) is 43.9 Å². The van der Waals surface area contributed by atoms with E-state index < -0.39 is 0 Å². The molecule has 0 fully saturated rings. The molecule has 5 heteroatoms. The number of aryl methyl sites for hydroxylation is 1. The molecule has 5 nitrogen and oxygen atoms in total. The smallest absolute Gasteiger partial charge is 0.164 e. The quantitative estimate of drug-likeness (QED) is 0.153. The number of furan rings is 1. The van der Waals surface area contributed by atoms with Gasteiger partial charge in [-0.3, -0.25) is 0 Å². The highest BCUT2D eigenvalue weighted by Gasteiger charge is 2.20. The van der Waals surface area contributed by atoms with Crippen LogP contribution in [-0.4, -0.2) is 19.5 Å². The molecule has 13 aromatic rings. The zero-order valence-electron chi connectivity index (χ0n) is 37.7. The average molecular weight is 883 g/mol. The Kier molecular flexibility index (Phi) is 9.65. The molecule has 10 aromatic carbocycles. The van der Waals surface area contributed by atoms with Crippen LogP contribution in [0.3, 0.4) is 0 Å². The summed E-state index contributed by atoms with van der Waals surface area (Å²) >= 11 is 0. The highest BCUT2D eigenvalue weighted by Crippen LogP contribution is 2.41. The molecule has 0 radical (unpaired) electrons. The fraction of sp³-hybridized carbons (Fsp3) is 0.0156. The van der Waals surface area contributed by atoms with E-state index in [1.54, 1.807) is 0 Å². The second kappa shape index (κ2) is 16.6. The molecule has 3 heterocycles. The van der Waals surface area contributed by atoms with E-state index in [0.717, 1.165) is 77.7 Å². The molecule has 0 aliphatic carbocycles. The maximum atomic E-state index is 6.60. The summed E-state index contributed by atoms with van der Waals surface area (Å²) in [6.45, 7) is 2.13. The number of nitrogens with zero attached hydrogens (tertiary/aromatic N) is 4. The third-order valence-corrected chi connectivity index (χ3v) is 13.3. The zero-order valence-corrected chi connectivity index (χ0v) is 37.7. The van der Waals surface area contributed by atoms with Gasteiger partial charge >= 0.3 is 0 Å². The van der Waals surface area contributed by atoms with Crippen molar-refractivity contribution in [2.24, 2.45) is 0 Å². The summed E-state index contributed by atoms with van der Waals surface area (Å²) < 4.78 is 8.96. The Morgan fingerprint density at radius 1 is 0.319 bits per heavy atom. The summed E-state index contributed by atoms with van der Waals surface area (Å²) in [5.41, 5.74) is 18.0. The molecule has 0 bridgehead atoms. The molecule has 3 aromatic heterocycles. The van der Waals surface area contributed by atoms with E-state index in [0.29, 0.717) is 17.5 Å². The van der Waals surface area contributed by atoms with Gasteiger partial charge in [-0.25, -0.2) is 15.0 Å². The van der Waals surface area contributed by atoms with Crippen molar-refractivity contribution in [3.05, 3.63) is 242 Å². The Balaban J connectivity index is 0.947. The van der Waals surface area contributed by atoms with Gasteiger partial charge in [0.2, 0.25) is 0 Å². The predicted octanol–water partition coefficient (Wildman–Crippen LogP) is 16.8. The number of rotatable bonds is 8. The molecule has 0 spiro atoms. The molecule has 13 rings (SSSR count). The van der Waals surface area contributed by atoms with Crippen LogP contribution in [-0.2, 0) is 0 Å². The molecule has 0 aliphatic heterocycles. The predicted molar refractivity (Wildman–Crippen MR) is 284 cm³/mol. The lowest BCUT2D eigenvalue weighted by Gasteiger charge is -2.13. The number of hydrogen-bond acceptors (Lipinski definition) is 4. The largest absolute Gasteiger partial charge is 0.456 e. The number of hydrogen-bond donors (Lipinski definition) is 0. The van der Waals surface area contributed by atoms with Crippen LogP contribution in [0.5, 0.6) is 0 Å². The molecule has 0 saturated heterocycles. The molecule has 0 amide bonds. The first-order valence-electron chi connectivity index (χ1n) is 23.3. The molecule has 0 aliphatic rings. The molecule has 0 saturated carbocycles. The SMILES string of the molecule is Cc1ccc(-n2c3ccccc3c3cc(-c4ccc5oc6cccc(-c7nc(-c8ccccc8)nc(-c8cccc(-c9cc(-c%10ccccc%10)cc(-c%10ccccc%10)c9)c8)n7)c6c5c4)ccc32)cc1. The van der Waals surface area contributed by atoms with Gasteiger partial charge in [-0.05, 0) is 124 Å². The van der Waals surface area contributed by atoms with Crippen molar-refractivity contribution < 1.29 is 4.42 Å². The molecular weight excluding hydrogens is 841 g/mol.